The molecule has 1 heterocycles. The molecule has 0 unspecified atom stereocenters. The van der Waals surface area contributed by atoms with Gasteiger partial charge in [-0.2, -0.15) is 4.98 Å². The first-order chi connectivity index (χ1) is 9.50. The lowest BCUT2D eigenvalue weighted by Gasteiger charge is -2.33. The molecule has 1 aliphatic rings. The van der Waals surface area contributed by atoms with Gasteiger partial charge in [-0.05, 0) is 31.6 Å². The zero-order valence-corrected chi connectivity index (χ0v) is 12.0. The lowest BCUT2D eigenvalue weighted by molar-refractivity contribution is 0.00351. The van der Waals surface area contributed by atoms with Crippen LogP contribution in [0.1, 0.15) is 43.1 Å². The smallest absolute Gasteiger partial charge is 0.246 e. The maximum absolute atomic E-state index is 12.5. The molecule has 2 rings (SSSR count). The molecule has 6 heteroatoms. The number of carbonyl (C=O) groups is 1. The second-order valence-corrected chi connectivity index (χ2v) is 5.31. The summed E-state index contributed by atoms with van der Waals surface area (Å²) in [5, 5.41) is 10.6. The third kappa shape index (κ3) is 2.75. The van der Waals surface area contributed by atoms with E-state index in [2.05, 4.69) is 16.9 Å². The van der Waals surface area contributed by atoms with E-state index in [4.69, 9.17) is 9.47 Å². The third-order valence-corrected chi connectivity index (χ3v) is 3.86. The van der Waals surface area contributed by atoms with Gasteiger partial charge >= 0.3 is 0 Å². The molecule has 1 aromatic rings. The molecule has 1 fully saturated rings. The van der Waals surface area contributed by atoms with Gasteiger partial charge in [0.25, 0.3) is 0 Å². The highest BCUT2D eigenvalue weighted by atomic mass is 16.5. The first-order valence-corrected chi connectivity index (χ1v) is 6.72. The maximum atomic E-state index is 12.5. The van der Waals surface area contributed by atoms with Crippen LogP contribution < -0.4 is 9.47 Å². The Morgan fingerprint density at radius 2 is 2.00 bits per heavy atom. The minimum atomic E-state index is -1.36. The summed E-state index contributed by atoms with van der Waals surface area (Å²) < 4.78 is 10.0. The average Bonchev–Trinajstić information content (AvgIpc) is 2.49. The van der Waals surface area contributed by atoms with Crippen LogP contribution in [0.4, 0.5) is 0 Å². The maximum Gasteiger partial charge on any atom is 0.246 e. The number of carbonyl (C=O) groups excluding carboxylic acids is 1. The van der Waals surface area contributed by atoms with Crippen LogP contribution in [0.2, 0.25) is 0 Å². The predicted octanol–water partition coefficient (Wildman–Crippen LogP) is 1.62. The largest absolute Gasteiger partial charge is 0.480 e. The van der Waals surface area contributed by atoms with Gasteiger partial charge in [-0.1, -0.05) is 6.92 Å². The molecule has 1 saturated carbocycles. The second kappa shape index (κ2) is 5.75. The Labute approximate surface area is 118 Å². The van der Waals surface area contributed by atoms with Crippen molar-refractivity contribution < 1.29 is 19.4 Å². The molecule has 20 heavy (non-hydrogen) atoms. The average molecular weight is 280 g/mol. The van der Waals surface area contributed by atoms with Crippen molar-refractivity contribution in [2.24, 2.45) is 5.92 Å². The zero-order chi connectivity index (χ0) is 14.8. The fourth-order valence-electron chi connectivity index (χ4n) is 2.44. The number of hydrogen-bond donors (Lipinski definition) is 1. The molecule has 1 aliphatic carbocycles. The summed E-state index contributed by atoms with van der Waals surface area (Å²) in [6, 6.07) is 0. The summed E-state index contributed by atoms with van der Waals surface area (Å²) in [5.41, 5.74) is -1.30. The number of ether oxygens (including phenoxy) is 2. The van der Waals surface area contributed by atoms with Gasteiger partial charge in [0.2, 0.25) is 17.5 Å². The van der Waals surface area contributed by atoms with E-state index in [0.29, 0.717) is 18.8 Å². The van der Waals surface area contributed by atoms with Crippen molar-refractivity contribution in [2.45, 2.75) is 38.2 Å². The van der Waals surface area contributed by atoms with Crippen LogP contribution in [0.15, 0.2) is 6.20 Å². The lowest BCUT2D eigenvalue weighted by atomic mass is 9.76. The van der Waals surface area contributed by atoms with E-state index >= 15 is 0 Å². The fraction of sp³-hybridized carbons (Fsp3) is 0.643. The van der Waals surface area contributed by atoms with E-state index in [0.717, 1.165) is 12.8 Å². The molecule has 1 N–H and O–H groups in total. The van der Waals surface area contributed by atoms with Crippen molar-refractivity contribution in [3.8, 4) is 11.8 Å². The number of aliphatic hydroxyl groups is 1. The first kappa shape index (κ1) is 14.7. The number of aromatic nitrogens is 2. The van der Waals surface area contributed by atoms with Gasteiger partial charge in [-0.3, -0.25) is 4.79 Å². The van der Waals surface area contributed by atoms with E-state index in [1.165, 1.54) is 20.4 Å². The summed E-state index contributed by atoms with van der Waals surface area (Å²) in [6.45, 7) is 2.12. The summed E-state index contributed by atoms with van der Waals surface area (Å²) in [4.78, 5) is 20.6. The molecule has 0 radical (unpaired) electrons. The minimum absolute atomic E-state index is 0.0605. The summed E-state index contributed by atoms with van der Waals surface area (Å²) in [7, 11) is 2.87. The predicted molar refractivity (Wildman–Crippen MR) is 72.0 cm³/mol. The minimum Gasteiger partial charge on any atom is -0.480 e. The molecular formula is C14H20N2O4. The number of hydrogen-bond acceptors (Lipinski definition) is 6. The third-order valence-electron chi connectivity index (χ3n) is 3.86. The van der Waals surface area contributed by atoms with Crippen molar-refractivity contribution in [1.29, 1.82) is 0 Å². The summed E-state index contributed by atoms with van der Waals surface area (Å²) >= 11 is 0. The van der Waals surface area contributed by atoms with E-state index in [-0.39, 0.29) is 17.5 Å². The second-order valence-electron chi connectivity index (χ2n) is 5.31. The highest BCUT2D eigenvalue weighted by molar-refractivity contribution is 6.02. The van der Waals surface area contributed by atoms with Gasteiger partial charge in [0, 0.05) is 0 Å². The van der Waals surface area contributed by atoms with Crippen LogP contribution in [0.25, 0.3) is 0 Å². The molecule has 6 nitrogen and oxygen atoms in total. The first-order valence-electron chi connectivity index (χ1n) is 6.72. The van der Waals surface area contributed by atoms with Crippen molar-refractivity contribution >= 4 is 5.78 Å². The molecule has 0 aliphatic heterocycles. The number of Topliss-reactive ketones (excluding diaryl/α,β-unsaturated/α-hetero) is 1. The van der Waals surface area contributed by atoms with Crippen LogP contribution in [0.5, 0.6) is 11.8 Å². The van der Waals surface area contributed by atoms with Crippen LogP contribution in [0.3, 0.4) is 0 Å². The molecule has 0 amide bonds. The van der Waals surface area contributed by atoms with Crippen molar-refractivity contribution in [2.75, 3.05) is 14.2 Å². The number of ketones is 1. The van der Waals surface area contributed by atoms with Gasteiger partial charge in [0.15, 0.2) is 5.69 Å². The fourth-order valence-corrected chi connectivity index (χ4v) is 2.44. The lowest BCUT2D eigenvalue weighted by Crippen LogP contribution is -2.42. The monoisotopic (exact) mass is 280 g/mol. The molecule has 0 saturated heterocycles. The van der Waals surface area contributed by atoms with E-state index in [9.17, 15) is 9.90 Å². The van der Waals surface area contributed by atoms with Gasteiger partial charge in [0.05, 0.1) is 20.4 Å². The molecule has 1 aromatic heterocycles. The Kier molecular flexibility index (Phi) is 4.23. The Balaban J connectivity index is 2.28. The zero-order valence-electron chi connectivity index (χ0n) is 12.0. The molecule has 0 atom stereocenters. The number of methoxy groups -OCH3 is 2. The molecular weight excluding hydrogens is 260 g/mol. The van der Waals surface area contributed by atoms with Crippen LogP contribution in [0, 0.1) is 5.92 Å². The number of rotatable bonds is 4. The Hall–Kier alpha value is -1.69. The SMILES string of the molecule is COc1cnc(C(=O)C2(O)CCC(C)CC2)c(OC)n1. The van der Waals surface area contributed by atoms with Crippen LogP contribution in [-0.4, -0.2) is 40.7 Å². The van der Waals surface area contributed by atoms with Crippen LogP contribution in [-0.2, 0) is 0 Å². The van der Waals surface area contributed by atoms with E-state index in [1.54, 1.807) is 0 Å². The quantitative estimate of drug-likeness (QED) is 0.844. The Morgan fingerprint density at radius 3 is 2.55 bits per heavy atom. The highest BCUT2D eigenvalue weighted by Gasteiger charge is 2.41. The van der Waals surface area contributed by atoms with Crippen molar-refractivity contribution in [3.05, 3.63) is 11.9 Å². The highest BCUT2D eigenvalue weighted by Crippen LogP contribution is 2.35. The van der Waals surface area contributed by atoms with E-state index < -0.39 is 11.4 Å². The van der Waals surface area contributed by atoms with E-state index in [1.807, 2.05) is 0 Å². The van der Waals surface area contributed by atoms with Crippen molar-refractivity contribution in [1.82, 2.24) is 9.97 Å². The van der Waals surface area contributed by atoms with Gasteiger partial charge in [0.1, 0.15) is 5.60 Å². The molecule has 0 bridgehead atoms. The van der Waals surface area contributed by atoms with Gasteiger partial charge < -0.3 is 14.6 Å². The molecule has 0 aromatic carbocycles. The standard InChI is InChI=1S/C14H20N2O4/c1-9-4-6-14(18,7-5-9)12(17)11-13(20-3)16-10(19-2)8-15-11/h8-9,18H,4-7H2,1-3H3. The Morgan fingerprint density at radius 1 is 1.35 bits per heavy atom. The van der Waals surface area contributed by atoms with Gasteiger partial charge in [-0.15, -0.1) is 0 Å². The van der Waals surface area contributed by atoms with Crippen LogP contribution >= 0.6 is 0 Å². The van der Waals surface area contributed by atoms with Crippen molar-refractivity contribution in [3.63, 3.8) is 0 Å². The normalized spacial score (nSPS) is 26.1. The number of nitrogens with zero attached hydrogens (tertiary/aromatic N) is 2. The molecule has 110 valence electrons. The Bertz CT molecular complexity index is 496. The summed E-state index contributed by atoms with van der Waals surface area (Å²) in [6.07, 6.45) is 3.90. The van der Waals surface area contributed by atoms with Gasteiger partial charge in [-0.25, -0.2) is 4.98 Å². The topological polar surface area (TPSA) is 81.5 Å². The molecule has 0 spiro atoms. The summed E-state index contributed by atoms with van der Waals surface area (Å²) in [5.74, 6) is 0.465.